The average molecular weight is 309 g/mol. The van der Waals surface area contributed by atoms with Crippen LogP contribution in [0.1, 0.15) is 33.6 Å². The van der Waals surface area contributed by atoms with Crippen LogP contribution in [0.15, 0.2) is 78.2 Å². The summed E-state index contributed by atoms with van der Waals surface area (Å²) in [5, 5.41) is 1.82. The number of thiophene rings is 1. The lowest BCUT2D eigenvalue weighted by molar-refractivity contribution is 0.100. The number of hydrogen-bond acceptors (Lipinski definition) is 2. The monoisotopic (exact) mass is 309 g/mol. The molecule has 1 heterocycles. The van der Waals surface area contributed by atoms with Gasteiger partial charge in [-0.2, -0.15) is 0 Å². The maximum atomic E-state index is 10.3. The molecule has 1 amide bonds. The Labute approximate surface area is 135 Å². The number of nitrogens with two attached hydrogens (primary N) is 1. The van der Waals surface area contributed by atoms with Crippen LogP contribution in [0.2, 0.25) is 0 Å². The van der Waals surface area contributed by atoms with E-state index in [-0.39, 0.29) is 5.91 Å². The Bertz CT molecular complexity index is 638. The van der Waals surface area contributed by atoms with Crippen LogP contribution in [0, 0.1) is 0 Å². The molecule has 112 valence electrons. The maximum absolute atomic E-state index is 10.3. The molecule has 1 aromatic heterocycles. The zero-order valence-electron chi connectivity index (χ0n) is 12.5. The molecule has 0 aliphatic rings. The molecule has 3 rings (SSSR count). The van der Waals surface area contributed by atoms with Crippen molar-refractivity contribution in [1.82, 2.24) is 0 Å². The highest BCUT2D eigenvalue weighted by Gasteiger charge is 2.05. The van der Waals surface area contributed by atoms with Crippen molar-refractivity contribution in [2.24, 2.45) is 5.73 Å². The number of amides is 1. The van der Waals surface area contributed by atoms with E-state index in [0.717, 1.165) is 0 Å². The first kappa shape index (κ1) is 16.0. The molecule has 0 radical (unpaired) electrons. The SMILES string of the molecule is CC(c1ccccc1)c1ccccc1.NC(=O)c1cccs1. The summed E-state index contributed by atoms with van der Waals surface area (Å²) in [7, 11) is 0. The first-order chi connectivity index (χ1) is 10.7. The van der Waals surface area contributed by atoms with Gasteiger partial charge in [0, 0.05) is 5.92 Å². The Balaban J connectivity index is 0.000000188. The molecular formula is C19H19NOS. The van der Waals surface area contributed by atoms with E-state index in [1.807, 2.05) is 5.38 Å². The molecule has 0 saturated carbocycles. The summed E-state index contributed by atoms with van der Waals surface area (Å²) in [6.45, 7) is 2.24. The van der Waals surface area contributed by atoms with Gasteiger partial charge in [-0.1, -0.05) is 73.7 Å². The number of benzene rings is 2. The van der Waals surface area contributed by atoms with E-state index in [1.165, 1.54) is 22.5 Å². The molecule has 22 heavy (non-hydrogen) atoms. The van der Waals surface area contributed by atoms with Crippen LogP contribution in [0.5, 0.6) is 0 Å². The van der Waals surface area contributed by atoms with Crippen LogP contribution in [0.25, 0.3) is 0 Å². The van der Waals surface area contributed by atoms with E-state index < -0.39 is 0 Å². The lowest BCUT2D eigenvalue weighted by Gasteiger charge is -2.11. The summed E-state index contributed by atoms with van der Waals surface area (Å²) < 4.78 is 0. The fourth-order valence-corrected chi connectivity index (χ4v) is 2.67. The zero-order valence-corrected chi connectivity index (χ0v) is 13.3. The largest absolute Gasteiger partial charge is 0.365 e. The molecule has 0 saturated heterocycles. The van der Waals surface area contributed by atoms with Crippen LogP contribution < -0.4 is 5.73 Å². The van der Waals surface area contributed by atoms with Crippen molar-refractivity contribution in [3.8, 4) is 0 Å². The summed E-state index contributed by atoms with van der Waals surface area (Å²) in [6.07, 6.45) is 0. The first-order valence-corrected chi connectivity index (χ1v) is 7.99. The lowest BCUT2D eigenvalue weighted by Crippen LogP contribution is -2.07. The van der Waals surface area contributed by atoms with Gasteiger partial charge < -0.3 is 5.73 Å². The number of primary amides is 1. The van der Waals surface area contributed by atoms with Gasteiger partial charge in [-0.15, -0.1) is 11.3 Å². The highest BCUT2D eigenvalue weighted by atomic mass is 32.1. The van der Waals surface area contributed by atoms with Crippen molar-refractivity contribution in [2.45, 2.75) is 12.8 Å². The summed E-state index contributed by atoms with van der Waals surface area (Å²) in [6, 6.07) is 24.7. The van der Waals surface area contributed by atoms with Gasteiger partial charge in [0.1, 0.15) is 0 Å². The molecule has 0 aliphatic carbocycles. The molecular weight excluding hydrogens is 290 g/mol. The minimum Gasteiger partial charge on any atom is -0.365 e. The van der Waals surface area contributed by atoms with Crippen LogP contribution in [0.3, 0.4) is 0 Å². The van der Waals surface area contributed by atoms with Crippen molar-refractivity contribution in [1.29, 1.82) is 0 Å². The highest BCUT2D eigenvalue weighted by molar-refractivity contribution is 7.12. The van der Waals surface area contributed by atoms with E-state index in [2.05, 4.69) is 67.6 Å². The van der Waals surface area contributed by atoms with Gasteiger partial charge >= 0.3 is 0 Å². The Morgan fingerprint density at radius 1 is 0.864 bits per heavy atom. The first-order valence-electron chi connectivity index (χ1n) is 7.11. The number of carbonyl (C=O) groups excluding carboxylic acids is 1. The molecule has 0 atom stereocenters. The van der Waals surface area contributed by atoms with Crippen LogP contribution in [-0.2, 0) is 0 Å². The topological polar surface area (TPSA) is 43.1 Å². The Hall–Kier alpha value is -2.39. The fourth-order valence-electron chi connectivity index (χ4n) is 2.09. The van der Waals surface area contributed by atoms with E-state index in [1.54, 1.807) is 12.1 Å². The van der Waals surface area contributed by atoms with Gasteiger partial charge in [0.2, 0.25) is 0 Å². The minimum atomic E-state index is -0.347. The second-order valence-corrected chi connectivity index (χ2v) is 5.83. The van der Waals surface area contributed by atoms with Crippen LogP contribution in [0.4, 0.5) is 0 Å². The van der Waals surface area contributed by atoms with E-state index in [9.17, 15) is 4.79 Å². The van der Waals surface area contributed by atoms with Gasteiger partial charge in [0.25, 0.3) is 5.91 Å². The Morgan fingerprint density at radius 3 is 1.68 bits per heavy atom. The normalized spacial score (nSPS) is 9.91. The van der Waals surface area contributed by atoms with Gasteiger partial charge in [-0.05, 0) is 22.6 Å². The predicted molar refractivity (Wildman–Crippen MR) is 93.2 cm³/mol. The minimum absolute atomic E-state index is 0.347. The van der Waals surface area contributed by atoms with Gasteiger partial charge in [0.05, 0.1) is 4.88 Å². The van der Waals surface area contributed by atoms with Crippen LogP contribution >= 0.6 is 11.3 Å². The highest BCUT2D eigenvalue weighted by Crippen LogP contribution is 2.22. The molecule has 0 aliphatic heterocycles. The molecule has 0 unspecified atom stereocenters. The van der Waals surface area contributed by atoms with Crippen molar-refractivity contribution >= 4 is 17.2 Å². The molecule has 0 fully saturated rings. The standard InChI is InChI=1S/C14H14.C5H5NOS/c1-12(13-8-4-2-5-9-13)14-10-6-3-7-11-14;6-5(7)4-2-1-3-8-4/h2-12H,1H3;1-3H,(H2,6,7). The molecule has 2 N–H and O–H groups in total. The quantitative estimate of drug-likeness (QED) is 0.749. The van der Waals surface area contributed by atoms with Crippen molar-refractivity contribution < 1.29 is 4.79 Å². The second-order valence-electron chi connectivity index (χ2n) is 4.88. The molecule has 2 nitrogen and oxygen atoms in total. The van der Waals surface area contributed by atoms with E-state index in [4.69, 9.17) is 5.73 Å². The molecule has 0 bridgehead atoms. The average Bonchev–Trinajstić information content (AvgIpc) is 3.11. The summed E-state index contributed by atoms with van der Waals surface area (Å²) in [5.41, 5.74) is 7.68. The third-order valence-corrected chi connectivity index (χ3v) is 4.25. The van der Waals surface area contributed by atoms with Crippen molar-refractivity contribution in [2.75, 3.05) is 0 Å². The van der Waals surface area contributed by atoms with E-state index >= 15 is 0 Å². The van der Waals surface area contributed by atoms with Gasteiger partial charge in [0.15, 0.2) is 0 Å². The maximum Gasteiger partial charge on any atom is 0.258 e. The predicted octanol–water partition coefficient (Wildman–Crippen LogP) is 4.69. The molecule has 3 heteroatoms. The Morgan fingerprint density at radius 2 is 1.36 bits per heavy atom. The van der Waals surface area contributed by atoms with Crippen molar-refractivity contribution in [3.05, 3.63) is 94.2 Å². The number of hydrogen-bond donors (Lipinski definition) is 1. The van der Waals surface area contributed by atoms with Crippen LogP contribution in [-0.4, -0.2) is 5.91 Å². The molecule has 3 aromatic rings. The molecule has 0 spiro atoms. The van der Waals surface area contributed by atoms with Gasteiger partial charge in [-0.25, -0.2) is 0 Å². The summed E-state index contributed by atoms with van der Waals surface area (Å²) in [5.74, 6) is 0.136. The Kier molecular flexibility index (Phi) is 5.92. The zero-order chi connectivity index (χ0) is 15.8. The smallest absolute Gasteiger partial charge is 0.258 e. The summed E-state index contributed by atoms with van der Waals surface area (Å²) >= 11 is 1.36. The van der Waals surface area contributed by atoms with Crippen molar-refractivity contribution in [3.63, 3.8) is 0 Å². The third-order valence-electron chi connectivity index (χ3n) is 3.36. The van der Waals surface area contributed by atoms with Gasteiger partial charge in [-0.3, -0.25) is 4.79 Å². The third kappa shape index (κ3) is 4.57. The fraction of sp³-hybridized carbons (Fsp3) is 0.105. The lowest BCUT2D eigenvalue weighted by atomic mass is 9.93. The second kappa shape index (κ2) is 8.15. The van der Waals surface area contributed by atoms with E-state index in [0.29, 0.717) is 10.8 Å². The number of carbonyl (C=O) groups is 1. The summed E-state index contributed by atoms with van der Waals surface area (Å²) in [4.78, 5) is 10.9. The molecule has 2 aromatic carbocycles. The number of rotatable bonds is 3.